The van der Waals surface area contributed by atoms with Gasteiger partial charge in [0.1, 0.15) is 0 Å². The van der Waals surface area contributed by atoms with E-state index >= 15 is 0 Å². The lowest BCUT2D eigenvalue weighted by atomic mass is 9.60. The van der Waals surface area contributed by atoms with Gasteiger partial charge in [0, 0.05) is 12.0 Å². The summed E-state index contributed by atoms with van der Waals surface area (Å²) in [6.07, 6.45) is 2.80. The van der Waals surface area contributed by atoms with Gasteiger partial charge >= 0.3 is 11.9 Å². The standard InChI is InChI=1S/C18H20O4/c1-10-5-6-13-11(8-10)15-12(16(19)22-17(15)20)9-18(13,2)14-4-3-7-21-14/h5-6,8,12,14-15H,3-4,7,9H2,1-2H3. The van der Waals surface area contributed by atoms with Crippen molar-refractivity contribution in [2.75, 3.05) is 6.61 Å². The van der Waals surface area contributed by atoms with Crippen LogP contribution in [-0.2, 0) is 24.5 Å². The number of ether oxygens (including phenoxy) is 2. The summed E-state index contributed by atoms with van der Waals surface area (Å²) in [5, 5.41) is 0. The first-order valence-electron chi connectivity index (χ1n) is 7.99. The van der Waals surface area contributed by atoms with Crippen LogP contribution in [0.4, 0.5) is 0 Å². The van der Waals surface area contributed by atoms with Crippen molar-refractivity contribution in [3.05, 3.63) is 34.9 Å². The number of hydrogen-bond acceptors (Lipinski definition) is 4. The Hall–Kier alpha value is -1.68. The summed E-state index contributed by atoms with van der Waals surface area (Å²) in [7, 11) is 0. The van der Waals surface area contributed by atoms with E-state index in [1.807, 2.05) is 13.0 Å². The molecule has 116 valence electrons. The molecular weight excluding hydrogens is 280 g/mol. The Morgan fingerprint density at radius 1 is 1.23 bits per heavy atom. The zero-order valence-electron chi connectivity index (χ0n) is 12.9. The maximum absolute atomic E-state index is 12.2. The number of hydrogen-bond donors (Lipinski definition) is 0. The molecule has 0 radical (unpaired) electrons. The van der Waals surface area contributed by atoms with Crippen LogP contribution in [0.3, 0.4) is 0 Å². The van der Waals surface area contributed by atoms with E-state index in [1.165, 1.54) is 0 Å². The van der Waals surface area contributed by atoms with Crippen molar-refractivity contribution in [3.63, 3.8) is 0 Å². The number of esters is 2. The lowest BCUT2D eigenvalue weighted by Crippen LogP contribution is -2.44. The Morgan fingerprint density at radius 2 is 2.05 bits per heavy atom. The largest absolute Gasteiger partial charge is 0.392 e. The number of fused-ring (bicyclic) bond motifs is 3. The molecule has 4 nitrogen and oxygen atoms in total. The monoisotopic (exact) mass is 300 g/mol. The molecule has 4 heteroatoms. The molecule has 0 N–H and O–H groups in total. The predicted molar refractivity (Wildman–Crippen MR) is 79.5 cm³/mol. The summed E-state index contributed by atoms with van der Waals surface area (Å²) in [6.45, 7) is 4.96. The third-order valence-electron chi connectivity index (χ3n) is 5.60. The molecule has 1 aromatic carbocycles. The Morgan fingerprint density at radius 3 is 2.77 bits per heavy atom. The average Bonchev–Trinajstić information content (AvgIpc) is 3.08. The lowest BCUT2D eigenvalue weighted by Gasteiger charge is -2.43. The molecule has 0 amide bonds. The first kappa shape index (κ1) is 13.9. The maximum atomic E-state index is 12.2. The van der Waals surface area contributed by atoms with Crippen LogP contribution >= 0.6 is 0 Å². The summed E-state index contributed by atoms with van der Waals surface area (Å²) < 4.78 is 10.9. The van der Waals surface area contributed by atoms with Crippen molar-refractivity contribution in [3.8, 4) is 0 Å². The molecule has 0 spiro atoms. The van der Waals surface area contributed by atoms with Gasteiger partial charge in [0.05, 0.1) is 17.9 Å². The SMILES string of the molecule is Cc1ccc2c(c1)C1C(=O)OC(=O)C1CC2(C)C1CCCO1. The molecule has 4 unspecified atom stereocenters. The normalized spacial score (nSPS) is 36.9. The molecule has 3 aliphatic rings. The second-order valence-corrected chi connectivity index (χ2v) is 7.04. The number of cyclic esters (lactones) is 2. The van der Waals surface area contributed by atoms with Crippen molar-refractivity contribution in [2.24, 2.45) is 5.92 Å². The highest BCUT2D eigenvalue weighted by atomic mass is 16.6. The van der Waals surface area contributed by atoms with Crippen molar-refractivity contribution >= 4 is 11.9 Å². The number of rotatable bonds is 1. The summed E-state index contributed by atoms with van der Waals surface area (Å²) in [5.74, 6) is -1.56. The Labute approximate surface area is 129 Å². The molecule has 4 rings (SSSR count). The van der Waals surface area contributed by atoms with Crippen LogP contribution in [0.1, 0.15) is 48.8 Å². The highest BCUT2D eigenvalue weighted by Crippen LogP contribution is 2.53. The van der Waals surface area contributed by atoms with Gasteiger partial charge in [0.2, 0.25) is 0 Å². The topological polar surface area (TPSA) is 52.6 Å². The maximum Gasteiger partial charge on any atom is 0.321 e. The van der Waals surface area contributed by atoms with Gasteiger partial charge in [-0.3, -0.25) is 9.59 Å². The van der Waals surface area contributed by atoms with E-state index in [-0.39, 0.29) is 23.4 Å². The van der Waals surface area contributed by atoms with Gasteiger partial charge in [-0.2, -0.15) is 0 Å². The van der Waals surface area contributed by atoms with Crippen LogP contribution in [0.2, 0.25) is 0 Å². The first-order chi connectivity index (χ1) is 10.5. The molecule has 2 aliphatic heterocycles. The smallest absolute Gasteiger partial charge is 0.321 e. The van der Waals surface area contributed by atoms with Gasteiger partial charge < -0.3 is 9.47 Å². The van der Waals surface area contributed by atoms with E-state index in [9.17, 15) is 9.59 Å². The molecule has 1 aliphatic carbocycles. The zero-order chi connectivity index (χ0) is 15.5. The van der Waals surface area contributed by atoms with Crippen LogP contribution in [0.5, 0.6) is 0 Å². The van der Waals surface area contributed by atoms with Crippen molar-refractivity contribution < 1.29 is 19.1 Å². The zero-order valence-corrected chi connectivity index (χ0v) is 12.9. The van der Waals surface area contributed by atoms with Crippen LogP contribution in [0.25, 0.3) is 0 Å². The van der Waals surface area contributed by atoms with Gasteiger partial charge in [-0.15, -0.1) is 0 Å². The molecule has 2 saturated heterocycles. The van der Waals surface area contributed by atoms with Crippen LogP contribution in [0.15, 0.2) is 18.2 Å². The number of carbonyl (C=O) groups is 2. The second kappa shape index (κ2) is 4.66. The van der Waals surface area contributed by atoms with Crippen molar-refractivity contribution in [1.29, 1.82) is 0 Å². The average molecular weight is 300 g/mol. The van der Waals surface area contributed by atoms with E-state index in [4.69, 9.17) is 9.47 Å². The number of benzene rings is 1. The van der Waals surface area contributed by atoms with Crippen LogP contribution in [-0.4, -0.2) is 24.6 Å². The fourth-order valence-corrected chi connectivity index (χ4v) is 4.49. The van der Waals surface area contributed by atoms with Gasteiger partial charge in [-0.05, 0) is 37.3 Å². The Bertz CT molecular complexity index is 659. The van der Waals surface area contributed by atoms with E-state index in [0.717, 1.165) is 36.1 Å². The molecule has 0 aromatic heterocycles. The van der Waals surface area contributed by atoms with Crippen LogP contribution < -0.4 is 0 Å². The third-order valence-corrected chi connectivity index (χ3v) is 5.60. The molecule has 1 aromatic rings. The van der Waals surface area contributed by atoms with E-state index in [0.29, 0.717) is 6.42 Å². The van der Waals surface area contributed by atoms with Crippen LogP contribution in [0, 0.1) is 12.8 Å². The molecule has 2 fully saturated rings. The molecular formula is C18H20O4. The number of carbonyl (C=O) groups excluding carboxylic acids is 2. The lowest BCUT2D eigenvalue weighted by molar-refractivity contribution is -0.153. The van der Waals surface area contributed by atoms with Gasteiger partial charge in [-0.1, -0.05) is 30.7 Å². The molecule has 4 atom stereocenters. The van der Waals surface area contributed by atoms with Crippen molar-refractivity contribution in [1.82, 2.24) is 0 Å². The molecule has 0 bridgehead atoms. The van der Waals surface area contributed by atoms with E-state index in [1.54, 1.807) is 0 Å². The van der Waals surface area contributed by atoms with Crippen molar-refractivity contribution in [2.45, 2.75) is 50.5 Å². The molecule has 2 heterocycles. The first-order valence-corrected chi connectivity index (χ1v) is 7.99. The highest BCUT2D eigenvalue weighted by molar-refractivity contribution is 6.00. The van der Waals surface area contributed by atoms with Gasteiger partial charge in [-0.25, -0.2) is 0 Å². The Kier molecular flexibility index (Phi) is 2.95. The quantitative estimate of drug-likeness (QED) is 0.591. The second-order valence-electron chi connectivity index (χ2n) is 7.04. The Balaban J connectivity index is 1.89. The summed E-state index contributed by atoms with van der Waals surface area (Å²) >= 11 is 0. The fraction of sp³-hybridized carbons (Fsp3) is 0.556. The molecule has 0 saturated carbocycles. The van der Waals surface area contributed by atoms with Gasteiger partial charge in [0.25, 0.3) is 0 Å². The highest BCUT2D eigenvalue weighted by Gasteiger charge is 2.56. The minimum Gasteiger partial charge on any atom is -0.392 e. The summed E-state index contributed by atoms with van der Waals surface area (Å²) in [6, 6.07) is 6.23. The van der Waals surface area contributed by atoms with E-state index < -0.39 is 11.9 Å². The van der Waals surface area contributed by atoms with Gasteiger partial charge in [0.15, 0.2) is 0 Å². The minimum atomic E-state index is -0.433. The summed E-state index contributed by atoms with van der Waals surface area (Å²) in [5.41, 5.74) is 2.98. The number of aryl methyl sites for hydroxylation is 1. The molecule has 22 heavy (non-hydrogen) atoms. The van der Waals surface area contributed by atoms with E-state index in [2.05, 4.69) is 19.1 Å². The third kappa shape index (κ3) is 1.80. The summed E-state index contributed by atoms with van der Waals surface area (Å²) in [4.78, 5) is 24.3. The predicted octanol–water partition coefficient (Wildman–Crippen LogP) is 2.62. The minimum absolute atomic E-state index is 0.110. The fourth-order valence-electron chi connectivity index (χ4n) is 4.49.